The average molecular weight is 260 g/mol. The third kappa shape index (κ3) is 3.85. The van der Waals surface area contributed by atoms with Crippen LogP contribution in [0.5, 0.6) is 0 Å². The van der Waals surface area contributed by atoms with Gasteiger partial charge >= 0.3 is 0 Å². The molecule has 3 N–H and O–H groups in total. The maximum Gasteiger partial charge on any atom is 0.238 e. The molecule has 2 aromatic rings. The van der Waals surface area contributed by atoms with E-state index in [1.54, 1.807) is 6.07 Å². The van der Waals surface area contributed by atoms with Gasteiger partial charge in [-0.15, -0.1) is 10.2 Å². The Morgan fingerprint density at radius 2 is 2.26 bits per heavy atom. The molecule has 0 bridgehead atoms. The van der Waals surface area contributed by atoms with Gasteiger partial charge in [-0.2, -0.15) is 5.21 Å². The predicted molar refractivity (Wildman–Crippen MR) is 71.4 cm³/mol. The highest BCUT2D eigenvalue weighted by Crippen LogP contribution is 2.17. The Morgan fingerprint density at radius 3 is 2.95 bits per heavy atom. The molecule has 0 unspecified atom stereocenters. The molecule has 1 heterocycles. The second-order valence-corrected chi connectivity index (χ2v) is 4.40. The van der Waals surface area contributed by atoms with E-state index in [0.29, 0.717) is 11.5 Å². The van der Waals surface area contributed by atoms with Crippen LogP contribution in [0.25, 0.3) is 11.4 Å². The summed E-state index contributed by atoms with van der Waals surface area (Å²) in [5, 5.41) is 19.6. The molecular formula is C12H16N6O. The quantitative estimate of drug-likeness (QED) is 0.739. The number of amides is 1. The molecule has 0 saturated heterocycles. The average Bonchev–Trinajstić information content (AvgIpc) is 2.90. The lowest BCUT2D eigenvalue weighted by atomic mass is 10.2. The van der Waals surface area contributed by atoms with Gasteiger partial charge in [0.1, 0.15) is 0 Å². The van der Waals surface area contributed by atoms with Crippen molar-refractivity contribution in [3.8, 4) is 11.4 Å². The van der Waals surface area contributed by atoms with Crippen LogP contribution >= 0.6 is 0 Å². The van der Waals surface area contributed by atoms with Gasteiger partial charge < -0.3 is 10.6 Å². The summed E-state index contributed by atoms with van der Waals surface area (Å²) in [7, 11) is 0. The van der Waals surface area contributed by atoms with Gasteiger partial charge in [-0.25, -0.2) is 0 Å². The number of aromatic amines is 1. The fourth-order valence-electron chi connectivity index (χ4n) is 1.52. The normalized spacial score (nSPS) is 10.7. The Morgan fingerprint density at radius 1 is 1.42 bits per heavy atom. The largest absolute Gasteiger partial charge is 0.325 e. The first kappa shape index (κ1) is 13.2. The van der Waals surface area contributed by atoms with Crippen LogP contribution in [-0.2, 0) is 4.79 Å². The number of tetrazole rings is 1. The summed E-state index contributed by atoms with van der Waals surface area (Å²) in [4.78, 5) is 11.7. The summed E-state index contributed by atoms with van der Waals surface area (Å²) in [6, 6.07) is 7.58. The van der Waals surface area contributed by atoms with Gasteiger partial charge in [0.05, 0.1) is 6.54 Å². The predicted octanol–water partition coefficient (Wildman–Crippen LogP) is 0.803. The van der Waals surface area contributed by atoms with Gasteiger partial charge in [-0.1, -0.05) is 26.0 Å². The van der Waals surface area contributed by atoms with E-state index < -0.39 is 0 Å². The minimum Gasteiger partial charge on any atom is -0.325 e. The lowest BCUT2D eigenvalue weighted by Crippen LogP contribution is -2.32. The summed E-state index contributed by atoms with van der Waals surface area (Å²) in [6.45, 7) is 4.26. The Hall–Kier alpha value is -2.28. The molecule has 1 amide bonds. The van der Waals surface area contributed by atoms with E-state index in [9.17, 15) is 4.79 Å². The summed E-state index contributed by atoms with van der Waals surface area (Å²) in [5.41, 5.74) is 1.50. The Kier molecular flexibility index (Phi) is 4.19. The van der Waals surface area contributed by atoms with Crippen LogP contribution in [0.15, 0.2) is 24.3 Å². The van der Waals surface area contributed by atoms with Crippen molar-refractivity contribution in [3.63, 3.8) is 0 Å². The molecule has 0 aliphatic heterocycles. The lowest BCUT2D eigenvalue weighted by molar-refractivity contribution is -0.115. The molecule has 19 heavy (non-hydrogen) atoms. The maximum atomic E-state index is 11.7. The van der Waals surface area contributed by atoms with Crippen LogP contribution < -0.4 is 10.6 Å². The molecule has 7 heteroatoms. The fourth-order valence-corrected chi connectivity index (χ4v) is 1.52. The molecule has 0 atom stereocenters. The Labute approximate surface area is 110 Å². The molecule has 0 radical (unpaired) electrons. The molecule has 2 rings (SSSR count). The van der Waals surface area contributed by atoms with E-state index in [-0.39, 0.29) is 18.5 Å². The second kappa shape index (κ2) is 6.05. The minimum atomic E-state index is -0.0843. The highest BCUT2D eigenvalue weighted by Gasteiger charge is 2.06. The number of carbonyl (C=O) groups is 1. The van der Waals surface area contributed by atoms with Crippen LogP contribution in [0, 0.1) is 0 Å². The van der Waals surface area contributed by atoms with E-state index in [4.69, 9.17) is 0 Å². The molecule has 7 nitrogen and oxygen atoms in total. The zero-order valence-corrected chi connectivity index (χ0v) is 10.8. The Balaban J connectivity index is 2.01. The summed E-state index contributed by atoms with van der Waals surface area (Å²) < 4.78 is 0. The SMILES string of the molecule is CC(C)NCC(=O)Nc1cccc(-c2nn[nH]n2)c1. The van der Waals surface area contributed by atoms with Gasteiger partial charge in [0.25, 0.3) is 0 Å². The summed E-state index contributed by atoms with van der Waals surface area (Å²) in [5.74, 6) is 0.412. The number of hydrogen-bond acceptors (Lipinski definition) is 5. The number of hydrogen-bond donors (Lipinski definition) is 3. The minimum absolute atomic E-state index is 0.0843. The smallest absolute Gasteiger partial charge is 0.238 e. The number of rotatable bonds is 5. The van der Waals surface area contributed by atoms with Crippen molar-refractivity contribution in [1.29, 1.82) is 0 Å². The van der Waals surface area contributed by atoms with E-state index >= 15 is 0 Å². The highest BCUT2D eigenvalue weighted by molar-refractivity contribution is 5.92. The standard InChI is InChI=1S/C12H16N6O/c1-8(2)13-7-11(19)14-10-5-3-4-9(6-10)12-15-17-18-16-12/h3-6,8,13H,7H2,1-2H3,(H,14,19)(H,15,16,17,18). The third-order valence-electron chi connectivity index (χ3n) is 2.42. The number of carbonyl (C=O) groups excluding carboxylic acids is 1. The van der Waals surface area contributed by atoms with E-state index in [0.717, 1.165) is 5.56 Å². The first-order chi connectivity index (χ1) is 9.15. The highest BCUT2D eigenvalue weighted by atomic mass is 16.1. The number of H-pyrrole nitrogens is 1. The van der Waals surface area contributed by atoms with E-state index in [2.05, 4.69) is 31.3 Å². The van der Waals surface area contributed by atoms with Crippen molar-refractivity contribution in [2.75, 3.05) is 11.9 Å². The van der Waals surface area contributed by atoms with Gasteiger partial charge in [-0.05, 0) is 17.3 Å². The summed E-state index contributed by atoms with van der Waals surface area (Å²) >= 11 is 0. The second-order valence-electron chi connectivity index (χ2n) is 4.40. The van der Waals surface area contributed by atoms with Crippen LogP contribution in [0.1, 0.15) is 13.8 Å². The topological polar surface area (TPSA) is 95.6 Å². The van der Waals surface area contributed by atoms with Crippen LogP contribution in [0.4, 0.5) is 5.69 Å². The van der Waals surface area contributed by atoms with Crippen molar-refractivity contribution in [3.05, 3.63) is 24.3 Å². The van der Waals surface area contributed by atoms with Crippen molar-refractivity contribution in [1.82, 2.24) is 25.9 Å². The zero-order chi connectivity index (χ0) is 13.7. The van der Waals surface area contributed by atoms with Gasteiger partial charge in [0.2, 0.25) is 11.7 Å². The molecule has 1 aromatic carbocycles. The fraction of sp³-hybridized carbons (Fsp3) is 0.333. The number of anilines is 1. The number of nitrogens with one attached hydrogen (secondary N) is 3. The Bertz CT molecular complexity index is 537. The third-order valence-corrected chi connectivity index (χ3v) is 2.42. The molecule has 1 aromatic heterocycles. The van der Waals surface area contributed by atoms with Crippen LogP contribution in [-0.4, -0.2) is 39.1 Å². The number of benzene rings is 1. The molecule has 0 spiro atoms. The molecule has 0 aliphatic rings. The number of aromatic nitrogens is 4. The molecule has 0 aliphatic carbocycles. The molecule has 0 saturated carbocycles. The monoisotopic (exact) mass is 260 g/mol. The van der Waals surface area contributed by atoms with E-state index in [1.807, 2.05) is 32.0 Å². The first-order valence-corrected chi connectivity index (χ1v) is 6.02. The van der Waals surface area contributed by atoms with Crippen molar-refractivity contribution in [2.24, 2.45) is 0 Å². The lowest BCUT2D eigenvalue weighted by Gasteiger charge is -2.09. The van der Waals surface area contributed by atoms with Gasteiger partial charge in [-0.3, -0.25) is 4.79 Å². The zero-order valence-electron chi connectivity index (χ0n) is 10.8. The molecule has 100 valence electrons. The van der Waals surface area contributed by atoms with E-state index in [1.165, 1.54) is 0 Å². The van der Waals surface area contributed by atoms with Crippen molar-refractivity contribution in [2.45, 2.75) is 19.9 Å². The molecule has 0 fully saturated rings. The molecular weight excluding hydrogens is 244 g/mol. The maximum absolute atomic E-state index is 11.7. The van der Waals surface area contributed by atoms with Crippen LogP contribution in [0.2, 0.25) is 0 Å². The number of nitrogens with zero attached hydrogens (tertiary/aromatic N) is 3. The van der Waals surface area contributed by atoms with Crippen LogP contribution in [0.3, 0.4) is 0 Å². The van der Waals surface area contributed by atoms with Crippen molar-refractivity contribution >= 4 is 11.6 Å². The van der Waals surface area contributed by atoms with Gasteiger partial charge in [0.15, 0.2) is 0 Å². The summed E-state index contributed by atoms with van der Waals surface area (Å²) in [6.07, 6.45) is 0. The van der Waals surface area contributed by atoms with Gasteiger partial charge in [0, 0.05) is 17.3 Å². The first-order valence-electron chi connectivity index (χ1n) is 6.02. The van der Waals surface area contributed by atoms with Crippen molar-refractivity contribution < 1.29 is 4.79 Å².